The SMILES string of the molecule is Cc1cccc(N)c1-c1nc(CC2CCCCO2)no1. The van der Waals surface area contributed by atoms with Crippen LogP contribution in [-0.2, 0) is 11.2 Å². The summed E-state index contributed by atoms with van der Waals surface area (Å²) in [5.74, 6) is 1.18. The molecular weight excluding hydrogens is 254 g/mol. The first-order valence-corrected chi connectivity index (χ1v) is 7.03. The van der Waals surface area contributed by atoms with Crippen LogP contribution in [0.1, 0.15) is 30.7 Å². The zero-order valence-corrected chi connectivity index (χ0v) is 11.6. The molecule has 5 nitrogen and oxygen atoms in total. The Morgan fingerprint density at radius 3 is 3.00 bits per heavy atom. The minimum Gasteiger partial charge on any atom is -0.398 e. The first-order valence-electron chi connectivity index (χ1n) is 7.03. The lowest BCUT2D eigenvalue weighted by Gasteiger charge is -2.20. The van der Waals surface area contributed by atoms with Crippen molar-refractivity contribution < 1.29 is 9.26 Å². The molecule has 1 fully saturated rings. The molecule has 0 bridgehead atoms. The summed E-state index contributed by atoms with van der Waals surface area (Å²) < 4.78 is 11.1. The Balaban J connectivity index is 1.79. The van der Waals surface area contributed by atoms with Crippen LogP contribution in [0.4, 0.5) is 5.69 Å². The van der Waals surface area contributed by atoms with Crippen molar-refractivity contribution in [2.75, 3.05) is 12.3 Å². The van der Waals surface area contributed by atoms with E-state index in [4.69, 9.17) is 15.0 Å². The molecule has 0 radical (unpaired) electrons. The van der Waals surface area contributed by atoms with Crippen LogP contribution in [0.15, 0.2) is 22.7 Å². The lowest BCUT2D eigenvalue weighted by atomic mass is 10.1. The Labute approximate surface area is 118 Å². The lowest BCUT2D eigenvalue weighted by molar-refractivity contribution is 0.0153. The van der Waals surface area contributed by atoms with Gasteiger partial charge in [0.2, 0.25) is 0 Å². The summed E-state index contributed by atoms with van der Waals surface area (Å²) >= 11 is 0. The number of nitrogen functional groups attached to an aromatic ring is 1. The van der Waals surface area contributed by atoms with E-state index < -0.39 is 0 Å². The molecule has 2 heterocycles. The van der Waals surface area contributed by atoms with Crippen molar-refractivity contribution in [3.8, 4) is 11.5 Å². The zero-order chi connectivity index (χ0) is 13.9. The predicted molar refractivity (Wildman–Crippen MR) is 76.2 cm³/mol. The van der Waals surface area contributed by atoms with Gasteiger partial charge in [0.1, 0.15) is 0 Å². The number of hydrogen-bond acceptors (Lipinski definition) is 5. The largest absolute Gasteiger partial charge is 0.398 e. The highest BCUT2D eigenvalue weighted by Gasteiger charge is 2.19. The molecule has 5 heteroatoms. The Bertz CT molecular complexity index is 568. The van der Waals surface area contributed by atoms with E-state index in [2.05, 4.69) is 10.1 Å². The number of rotatable bonds is 3. The molecule has 1 aliphatic rings. The van der Waals surface area contributed by atoms with Gasteiger partial charge in [0, 0.05) is 18.7 Å². The third kappa shape index (κ3) is 2.67. The second-order valence-electron chi connectivity index (χ2n) is 5.25. The number of nitrogens with two attached hydrogens (primary N) is 1. The summed E-state index contributed by atoms with van der Waals surface area (Å²) in [5.41, 5.74) is 8.52. The van der Waals surface area contributed by atoms with E-state index in [9.17, 15) is 0 Å². The van der Waals surface area contributed by atoms with Crippen molar-refractivity contribution >= 4 is 5.69 Å². The lowest BCUT2D eigenvalue weighted by Crippen LogP contribution is -2.21. The van der Waals surface area contributed by atoms with Crippen LogP contribution >= 0.6 is 0 Å². The van der Waals surface area contributed by atoms with Gasteiger partial charge in [-0.2, -0.15) is 4.98 Å². The van der Waals surface area contributed by atoms with Crippen LogP contribution in [0.3, 0.4) is 0 Å². The van der Waals surface area contributed by atoms with Crippen molar-refractivity contribution in [2.24, 2.45) is 0 Å². The van der Waals surface area contributed by atoms with Crippen LogP contribution in [0.25, 0.3) is 11.5 Å². The standard InChI is InChI=1S/C15H19N3O2/c1-10-5-4-7-12(16)14(10)15-17-13(18-20-15)9-11-6-2-3-8-19-11/h4-5,7,11H,2-3,6,8-9,16H2,1H3. The molecule has 106 valence electrons. The molecule has 1 aliphatic heterocycles. The summed E-state index contributed by atoms with van der Waals surface area (Å²) in [6.45, 7) is 2.82. The van der Waals surface area contributed by atoms with E-state index in [1.807, 2.05) is 25.1 Å². The van der Waals surface area contributed by atoms with E-state index in [-0.39, 0.29) is 6.10 Å². The van der Waals surface area contributed by atoms with Crippen molar-refractivity contribution in [2.45, 2.75) is 38.7 Å². The topological polar surface area (TPSA) is 74.2 Å². The van der Waals surface area contributed by atoms with Gasteiger partial charge in [0.05, 0.1) is 11.7 Å². The van der Waals surface area contributed by atoms with E-state index in [0.29, 0.717) is 23.8 Å². The third-order valence-electron chi connectivity index (χ3n) is 3.67. The Kier molecular flexibility index (Phi) is 3.69. The van der Waals surface area contributed by atoms with E-state index in [0.717, 1.165) is 30.6 Å². The summed E-state index contributed by atoms with van der Waals surface area (Å²) in [5, 5.41) is 4.05. The summed E-state index contributed by atoms with van der Waals surface area (Å²) in [6.07, 6.45) is 4.34. The van der Waals surface area contributed by atoms with Crippen LogP contribution in [0.5, 0.6) is 0 Å². The van der Waals surface area contributed by atoms with Crippen LogP contribution in [0, 0.1) is 6.92 Å². The van der Waals surface area contributed by atoms with Crippen LogP contribution in [-0.4, -0.2) is 22.9 Å². The Morgan fingerprint density at radius 1 is 1.35 bits per heavy atom. The smallest absolute Gasteiger partial charge is 0.260 e. The van der Waals surface area contributed by atoms with Crippen molar-refractivity contribution in [3.63, 3.8) is 0 Å². The molecule has 1 saturated heterocycles. The van der Waals surface area contributed by atoms with Gasteiger partial charge in [-0.3, -0.25) is 0 Å². The van der Waals surface area contributed by atoms with Crippen molar-refractivity contribution in [1.82, 2.24) is 10.1 Å². The fraction of sp³-hybridized carbons (Fsp3) is 0.467. The molecule has 0 amide bonds. The maximum atomic E-state index is 5.99. The zero-order valence-electron chi connectivity index (χ0n) is 11.6. The number of nitrogens with zero attached hydrogens (tertiary/aromatic N) is 2. The number of hydrogen-bond donors (Lipinski definition) is 1. The van der Waals surface area contributed by atoms with Crippen LogP contribution in [0.2, 0.25) is 0 Å². The molecule has 3 rings (SSSR count). The van der Waals surface area contributed by atoms with E-state index >= 15 is 0 Å². The van der Waals surface area contributed by atoms with Crippen molar-refractivity contribution in [3.05, 3.63) is 29.6 Å². The third-order valence-corrected chi connectivity index (χ3v) is 3.67. The van der Waals surface area contributed by atoms with Crippen molar-refractivity contribution in [1.29, 1.82) is 0 Å². The Morgan fingerprint density at radius 2 is 2.25 bits per heavy atom. The molecule has 0 saturated carbocycles. The quantitative estimate of drug-likeness (QED) is 0.870. The molecule has 1 unspecified atom stereocenters. The molecular formula is C15H19N3O2. The number of ether oxygens (including phenoxy) is 1. The fourth-order valence-corrected chi connectivity index (χ4v) is 2.59. The number of anilines is 1. The van der Waals surface area contributed by atoms with E-state index in [1.54, 1.807) is 0 Å². The second kappa shape index (κ2) is 5.63. The Hall–Kier alpha value is -1.88. The maximum absolute atomic E-state index is 5.99. The van der Waals surface area contributed by atoms with Gasteiger partial charge >= 0.3 is 0 Å². The van der Waals surface area contributed by atoms with Gasteiger partial charge in [0.15, 0.2) is 5.82 Å². The molecule has 0 aliphatic carbocycles. The number of benzene rings is 1. The summed E-state index contributed by atoms with van der Waals surface area (Å²) in [7, 11) is 0. The number of aryl methyl sites for hydroxylation is 1. The number of aromatic nitrogens is 2. The molecule has 1 aromatic heterocycles. The minimum atomic E-state index is 0.211. The van der Waals surface area contributed by atoms with Gasteiger partial charge in [-0.15, -0.1) is 0 Å². The monoisotopic (exact) mass is 273 g/mol. The summed E-state index contributed by atoms with van der Waals surface area (Å²) in [4.78, 5) is 4.46. The summed E-state index contributed by atoms with van der Waals surface area (Å²) in [6, 6.07) is 5.75. The first kappa shape index (κ1) is 13.1. The molecule has 20 heavy (non-hydrogen) atoms. The first-order chi connectivity index (χ1) is 9.74. The van der Waals surface area contributed by atoms with Crippen LogP contribution < -0.4 is 5.73 Å². The molecule has 1 aromatic carbocycles. The maximum Gasteiger partial charge on any atom is 0.260 e. The highest BCUT2D eigenvalue weighted by atomic mass is 16.5. The minimum absolute atomic E-state index is 0.211. The van der Waals surface area contributed by atoms with E-state index in [1.165, 1.54) is 6.42 Å². The molecule has 1 atom stereocenters. The van der Waals surface area contributed by atoms with Gasteiger partial charge in [-0.25, -0.2) is 0 Å². The molecule has 0 spiro atoms. The average molecular weight is 273 g/mol. The van der Waals surface area contributed by atoms with Gasteiger partial charge in [-0.1, -0.05) is 17.3 Å². The van der Waals surface area contributed by atoms with Gasteiger partial charge < -0.3 is 15.0 Å². The molecule has 2 N–H and O–H groups in total. The normalized spacial score (nSPS) is 19.1. The second-order valence-corrected chi connectivity index (χ2v) is 5.25. The predicted octanol–water partition coefficient (Wildman–Crippen LogP) is 2.74. The highest BCUT2D eigenvalue weighted by Crippen LogP contribution is 2.28. The fourth-order valence-electron chi connectivity index (χ4n) is 2.59. The average Bonchev–Trinajstić information content (AvgIpc) is 2.88. The molecule has 2 aromatic rings. The highest BCUT2D eigenvalue weighted by molar-refractivity contribution is 5.73. The van der Waals surface area contributed by atoms with Gasteiger partial charge in [0.25, 0.3) is 5.89 Å². The van der Waals surface area contributed by atoms with Gasteiger partial charge in [-0.05, 0) is 37.8 Å².